The van der Waals surface area contributed by atoms with Crippen LogP contribution in [0.15, 0.2) is 30.5 Å². The molecule has 0 aromatic heterocycles. The summed E-state index contributed by atoms with van der Waals surface area (Å²) in [5.74, 6) is 0.0810. The molecule has 2 nitrogen and oxygen atoms in total. The van der Waals surface area contributed by atoms with Crippen LogP contribution in [0.5, 0.6) is 0 Å². The van der Waals surface area contributed by atoms with E-state index < -0.39 is 0 Å². The third-order valence-electron chi connectivity index (χ3n) is 2.48. The van der Waals surface area contributed by atoms with Crippen LogP contribution in [0.3, 0.4) is 0 Å². The molecule has 1 amide bonds. The number of fused-ring (bicyclic) bond motifs is 1. The second-order valence-electron chi connectivity index (χ2n) is 3.67. The number of aryl methyl sites for hydroxylation is 1. The molecule has 0 fully saturated rings. The van der Waals surface area contributed by atoms with Crippen molar-refractivity contribution in [3.63, 3.8) is 0 Å². The van der Waals surface area contributed by atoms with Gasteiger partial charge in [0.15, 0.2) is 0 Å². The maximum atomic E-state index is 11.9. The summed E-state index contributed by atoms with van der Waals surface area (Å²) in [4.78, 5) is 13.5. The summed E-state index contributed by atoms with van der Waals surface area (Å²) in [6, 6.07) is 6.04. The lowest BCUT2D eigenvalue weighted by atomic mass is 10.0. The van der Waals surface area contributed by atoms with Gasteiger partial charge in [-0.3, -0.25) is 4.79 Å². The van der Waals surface area contributed by atoms with E-state index >= 15 is 0 Å². The number of allylic oxidation sites excluding steroid dienone is 1. The zero-order valence-electron chi connectivity index (χ0n) is 8.45. The number of hydrogen-bond donors (Lipinski definition) is 0. The molecule has 1 heterocycles. The van der Waals surface area contributed by atoms with Crippen molar-refractivity contribution >= 4 is 5.91 Å². The summed E-state index contributed by atoms with van der Waals surface area (Å²) in [6.45, 7) is 2.01. The summed E-state index contributed by atoms with van der Waals surface area (Å²) >= 11 is 0. The number of benzene rings is 1. The van der Waals surface area contributed by atoms with E-state index in [4.69, 9.17) is 0 Å². The lowest BCUT2D eigenvalue weighted by molar-refractivity contribution is 0.0850. The van der Waals surface area contributed by atoms with Gasteiger partial charge in [0.05, 0.1) is 0 Å². The van der Waals surface area contributed by atoms with E-state index in [1.54, 1.807) is 11.9 Å². The number of rotatable bonds is 0. The van der Waals surface area contributed by atoms with Gasteiger partial charge in [-0.15, -0.1) is 0 Å². The van der Waals surface area contributed by atoms with Gasteiger partial charge in [0, 0.05) is 18.8 Å². The van der Waals surface area contributed by atoms with Crippen molar-refractivity contribution in [2.45, 2.75) is 13.3 Å². The highest BCUT2D eigenvalue weighted by Crippen LogP contribution is 2.17. The Bertz CT molecular complexity index is 407. The highest BCUT2D eigenvalue weighted by atomic mass is 16.2. The predicted molar refractivity (Wildman–Crippen MR) is 56.1 cm³/mol. The Morgan fingerprint density at radius 1 is 1.36 bits per heavy atom. The van der Waals surface area contributed by atoms with E-state index in [1.807, 2.05) is 37.4 Å². The van der Waals surface area contributed by atoms with Crippen LogP contribution >= 0.6 is 0 Å². The molecule has 1 aliphatic rings. The number of carbonyl (C=O) groups is 1. The highest BCUT2D eigenvalue weighted by Gasteiger charge is 2.16. The zero-order valence-corrected chi connectivity index (χ0v) is 8.45. The Kier molecular flexibility index (Phi) is 2.12. The molecule has 14 heavy (non-hydrogen) atoms. The van der Waals surface area contributed by atoms with Crippen molar-refractivity contribution in [3.05, 3.63) is 47.2 Å². The molecule has 0 saturated heterocycles. The summed E-state index contributed by atoms with van der Waals surface area (Å²) in [6.07, 6.45) is 4.68. The summed E-state index contributed by atoms with van der Waals surface area (Å²) in [5, 5.41) is 0. The van der Waals surface area contributed by atoms with Gasteiger partial charge in [0.2, 0.25) is 0 Å². The normalized spacial score (nSPS) is 15.3. The molecule has 0 N–H and O–H groups in total. The van der Waals surface area contributed by atoms with Gasteiger partial charge in [0.25, 0.3) is 5.91 Å². The second kappa shape index (κ2) is 3.29. The van der Waals surface area contributed by atoms with Gasteiger partial charge in [-0.25, -0.2) is 0 Å². The Hall–Kier alpha value is -1.57. The van der Waals surface area contributed by atoms with Crippen LogP contribution in [-0.2, 0) is 6.42 Å². The monoisotopic (exact) mass is 187 g/mol. The largest absolute Gasteiger partial charge is 0.318 e. The third kappa shape index (κ3) is 1.43. The molecule has 1 aromatic rings. The minimum atomic E-state index is 0.0810. The van der Waals surface area contributed by atoms with Crippen LogP contribution < -0.4 is 0 Å². The molecule has 1 aliphatic heterocycles. The van der Waals surface area contributed by atoms with Crippen molar-refractivity contribution in [3.8, 4) is 0 Å². The minimum Gasteiger partial charge on any atom is -0.318 e. The predicted octanol–water partition coefficient (Wildman–Crippen LogP) is 2.14. The van der Waals surface area contributed by atoms with Crippen molar-refractivity contribution in [2.24, 2.45) is 0 Å². The number of carbonyl (C=O) groups excluding carboxylic acids is 1. The Morgan fingerprint density at radius 3 is 2.93 bits per heavy atom. The van der Waals surface area contributed by atoms with Crippen molar-refractivity contribution < 1.29 is 4.79 Å². The van der Waals surface area contributed by atoms with Crippen LogP contribution in [0.25, 0.3) is 0 Å². The highest BCUT2D eigenvalue weighted by molar-refractivity contribution is 5.96. The molecule has 72 valence electrons. The van der Waals surface area contributed by atoms with Crippen LogP contribution in [0.1, 0.15) is 21.5 Å². The first-order valence-corrected chi connectivity index (χ1v) is 4.72. The van der Waals surface area contributed by atoms with Gasteiger partial charge in [-0.2, -0.15) is 0 Å². The van der Waals surface area contributed by atoms with Crippen molar-refractivity contribution in [2.75, 3.05) is 7.05 Å². The topological polar surface area (TPSA) is 20.3 Å². The lowest BCUT2D eigenvalue weighted by Gasteiger charge is -2.11. The second-order valence-corrected chi connectivity index (χ2v) is 3.67. The van der Waals surface area contributed by atoms with E-state index in [0.717, 1.165) is 23.1 Å². The number of nitrogens with zero attached hydrogens (tertiary/aromatic N) is 1. The molecule has 1 aromatic carbocycles. The third-order valence-corrected chi connectivity index (χ3v) is 2.48. The fraction of sp³-hybridized carbons (Fsp3) is 0.250. The zero-order chi connectivity index (χ0) is 10.1. The van der Waals surface area contributed by atoms with E-state index in [2.05, 4.69) is 0 Å². The first-order valence-electron chi connectivity index (χ1n) is 4.72. The molecular formula is C12H13NO. The standard InChI is InChI=1S/C12H13NO/c1-9-5-6-10-4-3-7-13(2)12(14)11(10)8-9/h3,5-8H,4H2,1-2H3. The van der Waals surface area contributed by atoms with E-state index in [0.29, 0.717) is 0 Å². The van der Waals surface area contributed by atoms with E-state index in [-0.39, 0.29) is 5.91 Å². The molecule has 0 saturated carbocycles. The van der Waals surface area contributed by atoms with Gasteiger partial charge < -0.3 is 4.90 Å². The average Bonchev–Trinajstić information content (AvgIpc) is 2.30. The molecule has 0 bridgehead atoms. The minimum absolute atomic E-state index is 0.0810. The van der Waals surface area contributed by atoms with Gasteiger partial charge in [-0.1, -0.05) is 23.8 Å². The maximum absolute atomic E-state index is 11.9. The molecular weight excluding hydrogens is 174 g/mol. The van der Waals surface area contributed by atoms with E-state index in [1.165, 1.54) is 0 Å². The van der Waals surface area contributed by atoms with Crippen LogP contribution in [0.2, 0.25) is 0 Å². The lowest BCUT2D eigenvalue weighted by Crippen LogP contribution is -2.20. The summed E-state index contributed by atoms with van der Waals surface area (Å²) < 4.78 is 0. The number of hydrogen-bond acceptors (Lipinski definition) is 1. The molecule has 2 rings (SSSR count). The molecule has 0 aliphatic carbocycles. The van der Waals surface area contributed by atoms with Crippen molar-refractivity contribution in [1.29, 1.82) is 0 Å². The fourth-order valence-corrected chi connectivity index (χ4v) is 1.66. The quantitative estimate of drug-likeness (QED) is 0.609. The fourth-order valence-electron chi connectivity index (χ4n) is 1.66. The van der Waals surface area contributed by atoms with Crippen LogP contribution in [0, 0.1) is 6.92 Å². The molecule has 0 spiro atoms. The Labute approximate surface area is 83.8 Å². The molecule has 0 unspecified atom stereocenters. The summed E-state index contributed by atoms with van der Waals surface area (Å²) in [5.41, 5.74) is 3.08. The SMILES string of the molecule is Cc1ccc2c(c1)C(=O)N(C)C=CC2. The van der Waals surface area contributed by atoms with Gasteiger partial charge in [0.1, 0.15) is 0 Å². The average molecular weight is 187 g/mol. The maximum Gasteiger partial charge on any atom is 0.257 e. The number of amides is 1. The molecule has 0 radical (unpaired) electrons. The molecule has 2 heteroatoms. The van der Waals surface area contributed by atoms with Crippen molar-refractivity contribution in [1.82, 2.24) is 4.90 Å². The van der Waals surface area contributed by atoms with Crippen LogP contribution in [-0.4, -0.2) is 17.9 Å². The van der Waals surface area contributed by atoms with Gasteiger partial charge >= 0.3 is 0 Å². The molecule has 0 atom stereocenters. The van der Waals surface area contributed by atoms with Gasteiger partial charge in [-0.05, 0) is 25.0 Å². The Morgan fingerprint density at radius 2 is 2.14 bits per heavy atom. The first kappa shape index (κ1) is 9.00. The summed E-state index contributed by atoms with van der Waals surface area (Å²) in [7, 11) is 1.79. The smallest absolute Gasteiger partial charge is 0.257 e. The van der Waals surface area contributed by atoms with Crippen LogP contribution in [0.4, 0.5) is 0 Å². The Balaban J connectivity index is 2.55. The first-order chi connectivity index (χ1) is 6.68. The van der Waals surface area contributed by atoms with E-state index in [9.17, 15) is 4.79 Å².